The molecule has 0 bridgehead atoms. The normalized spacial score (nSPS) is 18.0. The fraction of sp³-hybridized carbons (Fsp3) is 0.941. The molecule has 1 aliphatic heterocycles. The topological polar surface area (TPSA) is 67.4 Å². The summed E-state index contributed by atoms with van der Waals surface area (Å²) >= 11 is 0. The molecule has 0 aromatic carbocycles. The average molecular weight is 345 g/mol. The minimum Gasteiger partial charge on any atom is -0.385 e. The first-order valence-electron chi connectivity index (χ1n) is 8.98. The number of nitrogens with zero attached hydrogens (tertiary/aromatic N) is 2. The van der Waals surface area contributed by atoms with E-state index >= 15 is 0 Å². The van der Waals surface area contributed by atoms with E-state index < -0.39 is 0 Å². The molecule has 0 unspecified atom stereocenters. The molecule has 0 radical (unpaired) electrons. The van der Waals surface area contributed by atoms with Crippen molar-refractivity contribution in [1.82, 2.24) is 15.5 Å². The third kappa shape index (κ3) is 8.28. The van der Waals surface area contributed by atoms with E-state index in [0.29, 0.717) is 6.54 Å². The van der Waals surface area contributed by atoms with E-state index in [-0.39, 0.29) is 5.60 Å². The largest absolute Gasteiger partial charge is 0.385 e. The van der Waals surface area contributed by atoms with Crippen LogP contribution in [-0.4, -0.2) is 90.3 Å². The van der Waals surface area contributed by atoms with Crippen molar-refractivity contribution < 1.29 is 14.2 Å². The van der Waals surface area contributed by atoms with E-state index in [1.165, 1.54) is 0 Å². The number of ether oxygens (including phenoxy) is 3. The fourth-order valence-electron chi connectivity index (χ4n) is 2.69. The molecule has 1 rings (SSSR count). The molecule has 2 N–H and O–H groups in total. The minimum atomic E-state index is -0.183. The van der Waals surface area contributed by atoms with Crippen molar-refractivity contribution in [1.29, 1.82) is 0 Å². The molecular weight excluding hydrogens is 308 g/mol. The lowest BCUT2D eigenvalue weighted by Crippen LogP contribution is -2.45. The summed E-state index contributed by atoms with van der Waals surface area (Å²) < 4.78 is 16.3. The lowest BCUT2D eigenvalue weighted by atomic mass is 9.94. The summed E-state index contributed by atoms with van der Waals surface area (Å²) in [6.07, 6.45) is 2.85. The Morgan fingerprint density at radius 3 is 2.58 bits per heavy atom. The first-order chi connectivity index (χ1) is 11.7. The Morgan fingerprint density at radius 1 is 1.21 bits per heavy atom. The molecule has 0 spiro atoms. The van der Waals surface area contributed by atoms with E-state index in [9.17, 15) is 0 Å². The SMILES string of the molecule is CCNC(=NCC1(OC)CCOCC1)NCCN(C)CCCOC. The Bertz CT molecular complexity index is 347. The summed E-state index contributed by atoms with van der Waals surface area (Å²) in [5.74, 6) is 0.853. The number of rotatable bonds is 11. The van der Waals surface area contributed by atoms with Gasteiger partial charge in [0.1, 0.15) is 0 Å². The third-order valence-electron chi connectivity index (χ3n) is 4.38. The van der Waals surface area contributed by atoms with E-state index in [1.54, 1.807) is 14.2 Å². The zero-order valence-electron chi connectivity index (χ0n) is 15.9. The first kappa shape index (κ1) is 21.2. The molecule has 0 amide bonds. The molecule has 0 saturated carbocycles. The van der Waals surface area contributed by atoms with Crippen molar-refractivity contribution in [3.8, 4) is 0 Å². The molecule has 0 aromatic rings. The number of likely N-dealkylation sites (N-methyl/N-ethyl adjacent to an activating group) is 1. The van der Waals surface area contributed by atoms with Crippen LogP contribution in [0.25, 0.3) is 0 Å². The molecule has 24 heavy (non-hydrogen) atoms. The Balaban J connectivity index is 2.38. The maximum atomic E-state index is 5.74. The lowest BCUT2D eigenvalue weighted by Gasteiger charge is -2.34. The molecule has 0 aliphatic carbocycles. The van der Waals surface area contributed by atoms with Crippen LogP contribution in [0.3, 0.4) is 0 Å². The quantitative estimate of drug-likeness (QED) is 0.327. The van der Waals surface area contributed by atoms with Gasteiger partial charge >= 0.3 is 0 Å². The lowest BCUT2D eigenvalue weighted by molar-refractivity contribution is -0.0828. The van der Waals surface area contributed by atoms with Crippen LogP contribution in [0.4, 0.5) is 0 Å². The van der Waals surface area contributed by atoms with E-state index in [2.05, 4.69) is 29.5 Å². The van der Waals surface area contributed by atoms with Gasteiger partial charge in [0.05, 0.1) is 12.1 Å². The molecular formula is C17H36N4O3. The van der Waals surface area contributed by atoms with Crippen molar-refractivity contribution in [2.45, 2.75) is 31.8 Å². The molecule has 1 aliphatic rings. The summed E-state index contributed by atoms with van der Waals surface area (Å²) in [5.41, 5.74) is -0.183. The van der Waals surface area contributed by atoms with Crippen LogP contribution >= 0.6 is 0 Å². The zero-order valence-corrected chi connectivity index (χ0v) is 15.9. The van der Waals surface area contributed by atoms with E-state index in [0.717, 1.165) is 71.2 Å². The van der Waals surface area contributed by atoms with Crippen molar-refractivity contribution in [2.24, 2.45) is 4.99 Å². The predicted molar refractivity (Wildman–Crippen MR) is 97.8 cm³/mol. The summed E-state index contributed by atoms with van der Waals surface area (Å²) in [4.78, 5) is 7.02. The first-order valence-corrected chi connectivity index (χ1v) is 8.98. The van der Waals surface area contributed by atoms with Crippen LogP contribution in [0.15, 0.2) is 4.99 Å². The number of guanidine groups is 1. The zero-order chi connectivity index (χ0) is 17.7. The van der Waals surface area contributed by atoms with Gasteiger partial charge in [-0.25, -0.2) is 0 Å². The van der Waals surface area contributed by atoms with Gasteiger partial charge < -0.3 is 29.7 Å². The molecule has 1 heterocycles. The Labute approximate surface area is 147 Å². The summed E-state index contributed by atoms with van der Waals surface area (Å²) in [7, 11) is 5.64. The molecule has 0 aromatic heterocycles. The summed E-state index contributed by atoms with van der Waals surface area (Å²) in [6, 6.07) is 0. The van der Waals surface area contributed by atoms with Crippen molar-refractivity contribution in [3.63, 3.8) is 0 Å². The van der Waals surface area contributed by atoms with E-state index in [4.69, 9.17) is 19.2 Å². The van der Waals surface area contributed by atoms with E-state index in [1.807, 2.05) is 0 Å². The second-order valence-electron chi connectivity index (χ2n) is 6.27. The summed E-state index contributed by atoms with van der Waals surface area (Å²) in [5, 5.41) is 6.71. The maximum absolute atomic E-state index is 5.74. The van der Waals surface area contributed by atoms with Gasteiger partial charge in [-0.1, -0.05) is 0 Å². The van der Waals surface area contributed by atoms with Gasteiger partial charge in [-0.2, -0.15) is 0 Å². The Kier molecular flexibility index (Phi) is 11.0. The fourth-order valence-corrected chi connectivity index (χ4v) is 2.69. The van der Waals surface area contributed by atoms with Gasteiger partial charge in [0.2, 0.25) is 0 Å². The van der Waals surface area contributed by atoms with Gasteiger partial charge in [0.25, 0.3) is 0 Å². The molecule has 0 atom stereocenters. The number of hydrogen-bond acceptors (Lipinski definition) is 5. The maximum Gasteiger partial charge on any atom is 0.191 e. The molecule has 142 valence electrons. The number of hydrogen-bond donors (Lipinski definition) is 2. The van der Waals surface area contributed by atoms with Gasteiger partial charge in [-0.15, -0.1) is 0 Å². The highest BCUT2D eigenvalue weighted by molar-refractivity contribution is 5.79. The smallest absolute Gasteiger partial charge is 0.191 e. The monoisotopic (exact) mass is 344 g/mol. The van der Waals surface area contributed by atoms with Crippen LogP contribution in [-0.2, 0) is 14.2 Å². The highest BCUT2D eigenvalue weighted by Crippen LogP contribution is 2.24. The summed E-state index contributed by atoms with van der Waals surface area (Å²) in [6.45, 7) is 8.76. The second-order valence-corrected chi connectivity index (χ2v) is 6.27. The Hall–Kier alpha value is -0.890. The number of methoxy groups -OCH3 is 2. The van der Waals surface area contributed by atoms with Crippen LogP contribution in [0.5, 0.6) is 0 Å². The molecule has 7 nitrogen and oxygen atoms in total. The molecule has 1 saturated heterocycles. The standard InChI is InChI=1S/C17H36N4O3/c1-5-18-16(19-9-11-21(2)10-6-12-22-3)20-15-17(23-4)7-13-24-14-8-17/h5-15H2,1-4H3,(H2,18,19,20). The molecule has 7 heteroatoms. The van der Waals surface area contributed by atoms with Gasteiger partial charge in [-0.3, -0.25) is 4.99 Å². The van der Waals surface area contributed by atoms with Crippen LogP contribution < -0.4 is 10.6 Å². The highest BCUT2D eigenvalue weighted by Gasteiger charge is 2.32. The minimum absolute atomic E-state index is 0.183. The highest BCUT2D eigenvalue weighted by atomic mass is 16.5. The molecule has 1 fully saturated rings. The van der Waals surface area contributed by atoms with Crippen LogP contribution in [0.1, 0.15) is 26.2 Å². The average Bonchev–Trinajstić information content (AvgIpc) is 2.61. The van der Waals surface area contributed by atoms with Crippen molar-refractivity contribution >= 4 is 5.96 Å². The predicted octanol–water partition coefficient (Wildman–Crippen LogP) is 0.705. The second kappa shape index (κ2) is 12.5. The number of aliphatic imine (C=N–C) groups is 1. The van der Waals surface area contributed by atoms with Crippen LogP contribution in [0.2, 0.25) is 0 Å². The van der Waals surface area contributed by atoms with Gasteiger partial charge in [0, 0.05) is 73.1 Å². The van der Waals surface area contributed by atoms with Crippen molar-refractivity contribution in [2.75, 3.05) is 73.8 Å². The Morgan fingerprint density at radius 2 is 1.96 bits per heavy atom. The van der Waals surface area contributed by atoms with Crippen molar-refractivity contribution in [3.05, 3.63) is 0 Å². The third-order valence-corrected chi connectivity index (χ3v) is 4.38. The van der Waals surface area contributed by atoms with Gasteiger partial charge in [-0.05, 0) is 20.4 Å². The van der Waals surface area contributed by atoms with Gasteiger partial charge in [0.15, 0.2) is 5.96 Å². The van der Waals surface area contributed by atoms with Crippen LogP contribution in [0, 0.1) is 0 Å². The number of nitrogens with one attached hydrogen (secondary N) is 2.